The van der Waals surface area contributed by atoms with Crippen LogP contribution in [-0.4, -0.2) is 15.7 Å². The number of nitrogens with zero attached hydrogens (tertiary/aromatic N) is 2. The lowest BCUT2D eigenvalue weighted by Crippen LogP contribution is -2.13. The van der Waals surface area contributed by atoms with Crippen molar-refractivity contribution >= 4 is 11.7 Å². The highest BCUT2D eigenvalue weighted by Gasteiger charge is 2.07. The van der Waals surface area contributed by atoms with Gasteiger partial charge in [-0.2, -0.15) is 5.10 Å². The van der Waals surface area contributed by atoms with Crippen molar-refractivity contribution in [3.63, 3.8) is 0 Å². The summed E-state index contributed by atoms with van der Waals surface area (Å²) in [6.45, 7) is 20.4. The van der Waals surface area contributed by atoms with Gasteiger partial charge in [0, 0.05) is 24.9 Å². The summed E-state index contributed by atoms with van der Waals surface area (Å²) < 4.78 is 1.63. The van der Waals surface area contributed by atoms with E-state index in [-0.39, 0.29) is 5.91 Å². The third-order valence-electron chi connectivity index (χ3n) is 2.87. The Kier molecular flexibility index (Phi) is 14.3. The molecule has 0 aliphatic heterocycles. The minimum atomic E-state index is -0.207. The summed E-state index contributed by atoms with van der Waals surface area (Å²) >= 11 is 0. The van der Waals surface area contributed by atoms with Crippen molar-refractivity contribution in [2.75, 3.05) is 5.32 Å². The average Bonchev–Trinajstić information content (AvgIpc) is 2.94. The van der Waals surface area contributed by atoms with E-state index in [2.05, 4.69) is 51.6 Å². The van der Waals surface area contributed by atoms with Crippen LogP contribution < -0.4 is 5.32 Å². The molecule has 1 heterocycles. The second-order valence-electron chi connectivity index (χ2n) is 6.45. The van der Waals surface area contributed by atoms with Crippen molar-refractivity contribution in [2.45, 2.75) is 55.4 Å². The molecule has 4 nitrogen and oxygen atoms in total. The lowest BCUT2D eigenvalue weighted by Gasteiger charge is -2.04. The van der Waals surface area contributed by atoms with E-state index in [1.165, 1.54) is 5.57 Å². The molecule has 142 valence electrons. The fourth-order valence-electron chi connectivity index (χ4n) is 1.32. The van der Waals surface area contributed by atoms with Gasteiger partial charge in [-0.25, -0.2) is 0 Å². The summed E-state index contributed by atoms with van der Waals surface area (Å²) in [5.41, 5.74) is 1.73. The van der Waals surface area contributed by atoms with E-state index in [0.29, 0.717) is 17.3 Å². The Bertz CT molecular complexity index is 561. The van der Waals surface area contributed by atoms with E-state index in [0.717, 1.165) is 5.92 Å². The van der Waals surface area contributed by atoms with E-state index in [9.17, 15) is 4.79 Å². The number of rotatable bonds is 5. The number of aryl methyl sites for hydroxylation is 1. The molecule has 1 aromatic rings. The van der Waals surface area contributed by atoms with Gasteiger partial charge in [0.1, 0.15) is 0 Å². The minimum absolute atomic E-state index is 0.207. The molecule has 1 rings (SSSR count). The number of aromatic nitrogens is 2. The number of hydrogen-bond acceptors (Lipinski definition) is 2. The van der Waals surface area contributed by atoms with Gasteiger partial charge in [0.15, 0.2) is 5.82 Å². The Morgan fingerprint density at radius 2 is 1.72 bits per heavy atom. The SMILES string of the molecule is C=C/C(=C\C=C(/C)C(C)C)C(=O)Nc1ccn(C)n1.CC.CC(C)C. The van der Waals surface area contributed by atoms with Gasteiger partial charge in [-0.3, -0.25) is 9.48 Å². The second kappa shape index (κ2) is 14.3. The van der Waals surface area contributed by atoms with Crippen molar-refractivity contribution in [1.29, 1.82) is 0 Å². The fourth-order valence-corrected chi connectivity index (χ4v) is 1.32. The van der Waals surface area contributed by atoms with Gasteiger partial charge < -0.3 is 5.32 Å². The number of hydrogen-bond donors (Lipinski definition) is 1. The molecule has 0 aromatic carbocycles. The van der Waals surface area contributed by atoms with Gasteiger partial charge in [0.05, 0.1) is 0 Å². The summed E-state index contributed by atoms with van der Waals surface area (Å²) in [5, 5.41) is 6.83. The topological polar surface area (TPSA) is 46.9 Å². The van der Waals surface area contributed by atoms with Crippen LogP contribution in [0.25, 0.3) is 0 Å². The van der Waals surface area contributed by atoms with Crippen LogP contribution >= 0.6 is 0 Å². The Balaban J connectivity index is 0. The van der Waals surface area contributed by atoms with E-state index in [1.54, 1.807) is 36.1 Å². The van der Waals surface area contributed by atoms with Gasteiger partial charge in [-0.1, -0.05) is 72.8 Å². The summed E-state index contributed by atoms with van der Waals surface area (Å²) in [7, 11) is 1.80. The number of anilines is 1. The van der Waals surface area contributed by atoms with Crippen molar-refractivity contribution in [3.05, 3.63) is 48.2 Å². The van der Waals surface area contributed by atoms with Crippen LogP contribution in [0.2, 0.25) is 0 Å². The average molecular weight is 348 g/mol. The molecule has 0 fully saturated rings. The molecule has 0 spiro atoms. The molecular formula is C21H37N3O. The molecule has 0 atom stereocenters. The van der Waals surface area contributed by atoms with Gasteiger partial charge in [-0.15, -0.1) is 0 Å². The monoisotopic (exact) mass is 347 g/mol. The van der Waals surface area contributed by atoms with Gasteiger partial charge in [0.25, 0.3) is 5.91 Å². The van der Waals surface area contributed by atoms with Gasteiger partial charge >= 0.3 is 0 Å². The third-order valence-corrected chi connectivity index (χ3v) is 2.87. The lowest BCUT2D eigenvalue weighted by molar-refractivity contribution is -0.112. The van der Waals surface area contributed by atoms with E-state index in [1.807, 2.05) is 26.8 Å². The first-order valence-corrected chi connectivity index (χ1v) is 8.99. The predicted molar refractivity (Wildman–Crippen MR) is 111 cm³/mol. The van der Waals surface area contributed by atoms with Crippen LogP contribution in [0.1, 0.15) is 55.4 Å². The van der Waals surface area contributed by atoms with E-state index < -0.39 is 0 Å². The minimum Gasteiger partial charge on any atom is -0.305 e. The number of nitrogens with one attached hydrogen (secondary N) is 1. The summed E-state index contributed by atoms with van der Waals surface area (Å²) in [6.07, 6.45) is 7.04. The largest absolute Gasteiger partial charge is 0.305 e. The van der Waals surface area contributed by atoms with Crippen LogP contribution in [-0.2, 0) is 11.8 Å². The van der Waals surface area contributed by atoms with Crippen LogP contribution in [0.15, 0.2) is 48.2 Å². The van der Waals surface area contributed by atoms with Crippen LogP contribution in [0.3, 0.4) is 0 Å². The van der Waals surface area contributed by atoms with Crippen molar-refractivity contribution < 1.29 is 4.79 Å². The molecule has 25 heavy (non-hydrogen) atoms. The first kappa shape index (κ1) is 25.1. The van der Waals surface area contributed by atoms with Gasteiger partial charge in [0.2, 0.25) is 0 Å². The molecule has 1 N–H and O–H groups in total. The maximum Gasteiger partial charge on any atom is 0.256 e. The normalized spacial score (nSPS) is 11.3. The Morgan fingerprint density at radius 3 is 2.08 bits per heavy atom. The Labute approximate surface area is 154 Å². The standard InChI is InChI=1S/C15H21N3O.C4H10.C2H6/c1-6-13(8-7-12(4)11(2)3)15(19)16-14-9-10-18(5)17-14;1-4(2)3;1-2/h6-11H,1H2,2-5H3,(H,16,17,19);4H,1-3H3;1-2H3/b12-7+,13-8+;;. The Hall–Kier alpha value is -2.10. The van der Waals surface area contributed by atoms with Crippen LogP contribution in [0.5, 0.6) is 0 Å². The molecule has 1 amide bonds. The molecule has 0 saturated carbocycles. The first-order chi connectivity index (χ1) is 11.7. The lowest BCUT2D eigenvalue weighted by atomic mass is 10.0. The first-order valence-electron chi connectivity index (χ1n) is 8.99. The maximum absolute atomic E-state index is 12.0. The molecule has 1 aromatic heterocycles. The predicted octanol–water partition coefficient (Wildman–Crippen LogP) is 5.76. The molecule has 0 aliphatic rings. The third kappa shape index (κ3) is 12.9. The number of carbonyl (C=O) groups excluding carboxylic acids is 1. The van der Waals surface area contributed by atoms with Gasteiger partial charge in [-0.05, 0) is 24.8 Å². The quantitative estimate of drug-likeness (QED) is 0.543. The number of carbonyl (C=O) groups is 1. The number of amides is 1. The zero-order valence-corrected chi connectivity index (χ0v) is 17.6. The Morgan fingerprint density at radius 1 is 1.20 bits per heavy atom. The highest BCUT2D eigenvalue weighted by atomic mass is 16.1. The van der Waals surface area contributed by atoms with Crippen LogP contribution in [0, 0.1) is 11.8 Å². The van der Waals surface area contributed by atoms with Crippen molar-refractivity contribution in [3.8, 4) is 0 Å². The molecule has 4 heteroatoms. The highest BCUT2D eigenvalue weighted by molar-refractivity contribution is 6.05. The molecule has 0 aliphatic carbocycles. The number of allylic oxidation sites excluding steroid dienone is 3. The summed E-state index contributed by atoms with van der Waals surface area (Å²) in [5.74, 6) is 1.62. The van der Waals surface area contributed by atoms with Crippen LogP contribution in [0.4, 0.5) is 5.82 Å². The zero-order valence-electron chi connectivity index (χ0n) is 17.6. The fraction of sp³-hybridized carbons (Fsp3) is 0.524. The maximum atomic E-state index is 12.0. The molecule has 0 unspecified atom stereocenters. The van der Waals surface area contributed by atoms with E-state index >= 15 is 0 Å². The van der Waals surface area contributed by atoms with Crippen molar-refractivity contribution in [2.24, 2.45) is 18.9 Å². The smallest absolute Gasteiger partial charge is 0.256 e. The van der Waals surface area contributed by atoms with E-state index in [4.69, 9.17) is 0 Å². The molecular weight excluding hydrogens is 310 g/mol. The zero-order chi connectivity index (χ0) is 20.0. The molecule has 0 saturated heterocycles. The highest BCUT2D eigenvalue weighted by Crippen LogP contribution is 2.10. The molecule has 0 bridgehead atoms. The van der Waals surface area contributed by atoms with Crippen molar-refractivity contribution in [1.82, 2.24) is 9.78 Å². The summed E-state index contributed by atoms with van der Waals surface area (Å²) in [4.78, 5) is 12.0. The summed E-state index contributed by atoms with van der Waals surface area (Å²) in [6, 6.07) is 1.74. The second-order valence-corrected chi connectivity index (χ2v) is 6.45. The molecule has 0 radical (unpaired) electrons.